The fourth-order valence-electron chi connectivity index (χ4n) is 1.95. The van der Waals surface area contributed by atoms with E-state index in [4.69, 9.17) is 5.11 Å². The first-order valence-electron chi connectivity index (χ1n) is 6.14. The molecule has 108 valence electrons. The van der Waals surface area contributed by atoms with Gasteiger partial charge in [0.05, 0.1) is 0 Å². The van der Waals surface area contributed by atoms with Gasteiger partial charge in [-0.3, -0.25) is 0 Å². The third kappa shape index (κ3) is 3.61. The minimum atomic E-state index is -0.954. The number of hydrogen-bond acceptors (Lipinski definition) is 4. The van der Waals surface area contributed by atoms with E-state index in [1.807, 2.05) is 24.5 Å². The second-order valence-corrected chi connectivity index (χ2v) is 6.31. The van der Waals surface area contributed by atoms with Gasteiger partial charge in [0.15, 0.2) is 0 Å². The molecule has 20 heavy (non-hydrogen) atoms. The lowest BCUT2D eigenvalue weighted by Crippen LogP contribution is -2.51. The van der Waals surface area contributed by atoms with Crippen LogP contribution in [0.4, 0.5) is 10.5 Å². The first-order valence-corrected chi connectivity index (χ1v) is 8.52. The zero-order chi connectivity index (χ0) is 14.5. The summed E-state index contributed by atoms with van der Waals surface area (Å²) in [6.07, 6.45) is 1.96. The van der Waals surface area contributed by atoms with Crippen molar-refractivity contribution in [1.29, 1.82) is 0 Å². The van der Waals surface area contributed by atoms with Crippen molar-refractivity contribution in [1.82, 2.24) is 4.90 Å². The number of nitrogens with one attached hydrogen (secondary N) is 1. The van der Waals surface area contributed by atoms with Crippen molar-refractivity contribution in [3.63, 3.8) is 0 Å². The molecule has 2 N–H and O–H groups in total. The van der Waals surface area contributed by atoms with Crippen molar-refractivity contribution in [2.75, 3.05) is 29.6 Å². The number of nitrogens with zero attached hydrogens (tertiary/aromatic N) is 1. The molecule has 0 aliphatic carbocycles. The Morgan fingerprint density at radius 3 is 3.00 bits per heavy atom. The van der Waals surface area contributed by atoms with Gasteiger partial charge >= 0.3 is 12.0 Å². The topological polar surface area (TPSA) is 69.6 Å². The second kappa shape index (κ2) is 6.90. The molecule has 0 radical (unpaired) electrons. The summed E-state index contributed by atoms with van der Waals surface area (Å²) in [4.78, 5) is 25.8. The van der Waals surface area contributed by atoms with Gasteiger partial charge in [-0.15, -0.1) is 11.8 Å². The van der Waals surface area contributed by atoms with Crippen LogP contribution >= 0.6 is 23.5 Å². The number of carbonyl (C=O) groups is 2. The van der Waals surface area contributed by atoms with E-state index < -0.39 is 12.0 Å². The monoisotopic (exact) mass is 312 g/mol. The Labute approximate surface area is 126 Å². The highest BCUT2D eigenvalue weighted by Gasteiger charge is 2.32. The fourth-order valence-corrected chi connectivity index (χ4v) is 3.45. The van der Waals surface area contributed by atoms with Crippen LogP contribution in [0.2, 0.25) is 0 Å². The molecule has 0 aromatic heterocycles. The molecule has 1 aliphatic rings. The fraction of sp³-hybridized carbons (Fsp3) is 0.385. The number of thioether (sulfide) groups is 2. The summed E-state index contributed by atoms with van der Waals surface area (Å²) in [5, 5.41) is 11.9. The first kappa shape index (κ1) is 15.1. The van der Waals surface area contributed by atoms with E-state index in [-0.39, 0.29) is 6.03 Å². The molecule has 7 heteroatoms. The van der Waals surface area contributed by atoms with Crippen LogP contribution in [-0.4, -0.2) is 52.4 Å². The minimum Gasteiger partial charge on any atom is -0.480 e. The number of aliphatic carboxylic acids is 1. The van der Waals surface area contributed by atoms with Crippen LogP contribution in [0.25, 0.3) is 0 Å². The average molecular weight is 312 g/mol. The van der Waals surface area contributed by atoms with Gasteiger partial charge in [-0.05, 0) is 24.5 Å². The number of carbonyl (C=O) groups excluding carboxylic acids is 1. The standard InChI is InChI=1S/C13H16N2O3S2/c1-19-10-4-2-3-9(7-10)14-13(18)15-5-6-20-8-11(15)12(16)17/h2-4,7,11H,5-6,8H2,1H3,(H,14,18)(H,16,17). The molecule has 1 fully saturated rings. The Balaban J connectivity index is 2.07. The third-order valence-electron chi connectivity index (χ3n) is 3.00. The van der Waals surface area contributed by atoms with Crippen LogP contribution in [0.3, 0.4) is 0 Å². The molecule has 2 amide bonds. The summed E-state index contributed by atoms with van der Waals surface area (Å²) >= 11 is 3.15. The van der Waals surface area contributed by atoms with Crippen LogP contribution in [-0.2, 0) is 4.79 Å². The van der Waals surface area contributed by atoms with Crippen molar-refractivity contribution < 1.29 is 14.7 Å². The summed E-state index contributed by atoms with van der Waals surface area (Å²) in [5.74, 6) is 0.251. The largest absolute Gasteiger partial charge is 0.480 e. The van der Waals surface area contributed by atoms with Crippen molar-refractivity contribution in [3.8, 4) is 0 Å². The zero-order valence-electron chi connectivity index (χ0n) is 11.0. The minimum absolute atomic E-state index is 0.351. The maximum Gasteiger partial charge on any atom is 0.327 e. The van der Waals surface area contributed by atoms with E-state index in [0.29, 0.717) is 18.0 Å². The van der Waals surface area contributed by atoms with E-state index in [0.717, 1.165) is 10.6 Å². The lowest BCUT2D eigenvalue weighted by Gasteiger charge is -2.32. The van der Waals surface area contributed by atoms with Crippen LogP contribution in [0.1, 0.15) is 0 Å². The lowest BCUT2D eigenvalue weighted by molar-refractivity contribution is -0.141. The molecule has 0 bridgehead atoms. The van der Waals surface area contributed by atoms with Gasteiger partial charge in [-0.25, -0.2) is 9.59 Å². The van der Waals surface area contributed by atoms with Crippen LogP contribution in [0.15, 0.2) is 29.2 Å². The zero-order valence-corrected chi connectivity index (χ0v) is 12.7. The molecule has 1 atom stereocenters. The summed E-state index contributed by atoms with van der Waals surface area (Å²) in [7, 11) is 0. The number of hydrogen-bond donors (Lipinski definition) is 2. The van der Waals surface area contributed by atoms with Gasteiger partial charge in [-0.2, -0.15) is 11.8 Å². The van der Waals surface area contributed by atoms with Gasteiger partial charge in [0.25, 0.3) is 0 Å². The van der Waals surface area contributed by atoms with Crippen molar-refractivity contribution in [3.05, 3.63) is 24.3 Å². The van der Waals surface area contributed by atoms with E-state index in [2.05, 4.69) is 5.32 Å². The highest BCUT2D eigenvalue weighted by atomic mass is 32.2. The molecule has 0 saturated carbocycles. The summed E-state index contributed by atoms with van der Waals surface area (Å²) in [6.45, 7) is 0.454. The summed E-state index contributed by atoms with van der Waals surface area (Å²) in [6, 6.07) is 6.39. The predicted molar refractivity (Wildman–Crippen MR) is 82.7 cm³/mol. The highest BCUT2D eigenvalue weighted by Crippen LogP contribution is 2.21. The van der Waals surface area contributed by atoms with Crippen LogP contribution in [0, 0.1) is 0 Å². The number of anilines is 1. The van der Waals surface area contributed by atoms with Crippen molar-refractivity contribution in [2.45, 2.75) is 10.9 Å². The van der Waals surface area contributed by atoms with Crippen molar-refractivity contribution >= 4 is 41.2 Å². The van der Waals surface area contributed by atoms with Crippen LogP contribution < -0.4 is 5.32 Å². The van der Waals surface area contributed by atoms with Gasteiger partial charge in [0, 0.05) is 28.6 Å². The highest BCUT2D eigenvalue weighted by molar-refractivity contribution is 7.99. The average Bonchev–Trinajstić information content (AvgIpc) is 2.47. The van der Waals surface area contributed by atoms with Gasteiger partial charge in [0.1, 0.15) is 6.04 Å². The molecular formula is C13H16N2O3S2. The number of carboxylic acids is 1. The molecule has 1 aromatic rings. The molecule has 1 aliphatic heterocycles. The molecule has 1 aromatic carbocycles. The molecule has 1 saturated heterocycles. The Kier molecular flexibility index (Phi) is 5.19. The lowest BCUT2D eigenvalue weighted by atomic mass is 10.3. The summed E-state index contributed by atoms with van der Waals surface area (Å²) < 4.78 is 0. The first-order chi connectivity index (χ1) is 9.61. The summed E-state index contributed by atoms with van der Waals surface area (Å²) in [5.41, 5.74) is 0.684. The predicted octanol–water partition coefficient (Wildman–Crippen LogP) is 2.44. The molecule has 5 nitrogen and oxygen atoms in total. The number of benzene rings is 1. The SMILES string of the molecule is CSc1cccc(NC(=O)N2CCSCC2C(=O)O)c1. The number of carboxylic acid groups (broad SMARTS) is 1. The Morgan fingerprint density at radius 2 is 2.30 bits per heavy atom. The van der Waals surface area contributed by atoms with E-state index in [9.17, 15) is 9.59 Å². The Bertz CT molecular complexity index is 510. The van der Waals surface area contributed by atoms with Gasteiger partial charge < -0.3 is 15.3 Å². The molecular weight excluding hydrogens is 296 g/mol. The molecule has 1 heterocycles. The Morgan fingerprint density at radius 1 is 1.50 bits per heavy atom. The van der Waals surface area contributed by atoms with Crippen molar-refractivity contribution in [2.24, 2.45) is 0 Å². The number of urea groups is 1. The maximum atomic E-state index is 12.2. The second-order valence-electron chi connectivity index (χ2n) is 4.28. The Hall–Kier alpha value is -1.34. The smallest absolute Gasteiger partial charge is 0.327 e. The number of amides is 2. The number of rotatable bonds is 3. The van der Waals surface area contributed by atoms with Gasteiger partial charge in [0.2, 0.25) is 0 Å². The third-order valence-corrected chi connectivity index (χ3v) is 4.74. The molecule has 2 rings (SSSR count). The normalized spacial score (nSPS) is 18.6. The van der Waals surface area contributed by atoms with E-state index >= 15 is 0 Å². The van der Waals surface area contributed by atoms with Crippen LogP contribution in [0.5, 0.6) is 0 Å². The van der Waals surface area contributed by atoms with Gasteiger partial charge in [-0.1, -0.05) is 6.07 Å². The quantitative estimate of drug-likeness (QED) is 0.839. The maximum absolute atomic E-state index is 12.2. The van der Waals surface area contributed by atoms with E-state index in [1.54, 1.807) is 29.6 Å². The molecule has 0 spiro atoms. The molecule has 1 unspecified atom stereocenters. The van der Waals surface area contributed by atoms with E-state index in [1.165, 1.54) is 4.90 Å².